The first-order valence-electron chi connectivity index (χ1n) is 23.1. The Kier molecular flexibility index (Phi) is 12.9. The lowest BCUT2D eigenvalue weighted by Crippen LogP contribution is -2.36. The standard InChI is InChI=1S/C52H54N10O6/c1-65-44-12-9-35(29-46(44)67-3)14-24-62-49(17-22-59-31-42-43(32-59)54-19-18-53-42)57-41-11-8-37(28-39(41)52(62)64)34-68-47-30-36(10-13-45(47)66-2)15-23-61-48(56-40-7-5-4-6-38(40)51(61)63)16-21-58-26-27-60-25-20-55-50(60)33-58/h4-13,18-20,25,28-30H,14-17,21-24,26-27,31-34H2,1-3H3. The smallest absolute Gasteiger partial charge is 0.261 e. The van der Waals surface area contributed by atoms with Gasteiger partial charge in [0.05, 0.1) is 61.1 Å². The molecule has 2 aliphatic heterocycles. The van der Waals surface area contributed by atoms with Crippen LogP contribution in [0.15, 0.2) is 113 Å². The molecule has 4 aromatic carbocycles. The molecular weight excluding hydrogens is 861 g/mol. The van der Waals surface area contributed by atoms with Gasteiger partial charge >= 0.3 is 0 Å². The van der Waals surface area contributed by atoms with Gasteiger partial charge in [0.15, 0.2) is 23.0 Å². The molecule has 2 aliphatic rings. The molecule has 0 N–H and O–H groups in total. The van der Waals surface area contributed by atoms with Crippen LogP contribution in [0.5, 0.6) is 23.0 Å². The molecule has 10 rings (SSSR count). The molecule has 0 aliphatic carbocycles. The fraction of sp³-hybridized carbons (Fsp3) is 0.327. The third-order valence-electron chi connectivity index (χ3n) is 13.1. The third-order valence-corrected chi connectivity index (χ3v) is 13.1. The van der Waals surface area contributed by atoms with Crippen LogP contribution in [0.4, 0.5) is 0 Å². The van der Waals surface area contributed by atoms with Crippen molar-refractivity contribution in [1.29, 1.82) is 0 Å². The van der Waals surface area contributed by atoms with Crippen LogP contribution in [0, 0.1) is 0 Å². The normalized spacial score (nSPS) is 13.8. The van der Waals surface area contributed by atoms with Crippen molar-refractivity contribution in [2.75, 3.05) is 41.0 Å². The van der Waals surface area contributed by atoms with Crippen LogP contribution in [0.1, 0.15) is 45.6 Å². The molecule has 8 aromatic rings. The van der Waals surface area contributed by atoms with Gasteiger partial charge in [0.1, 0.15) is 24.1 Å². The number of hydrogen-bond donors (Lipinski definition) is 0. The van der Waals surface area contributed by atoms with E-state index in [4.69, 9.17) is 28.9 Å². The molecule has 16 nitrogen and oxygen atoms in total. The first kappa shape index (κ1) is 44.4. The number of methoxy groups -OCH3 is 3. The predicted molar refractivity (Wildman–Crippen MR) is 257 cm³/mol. The van der Waals surface area contributed by atoms with E-state index in [0.29, 0.717) is 103 Å². The molecule has 16 heteroatoms. The van der Waals surface area contributed by atoms with Crippen LogP contribution in [0.3, 0.4) is 0 Å². The van der Waals surface area contributed by atoms with E-state index < -0.39 is 0 Å². The van der Waals surface area contributed by atoms with Crippen molar-refractivity contribution in [1.82, 2.24) is 48.4 Å². The number of ether oxygens (including phenoxy) is 4. The zero-order chi connectivity index (χ0) is 46.6. The molecular formula is C52H54N10O6. The first-order chi connectivity index (χ1) is 33.3. The summed E-state index contributed by atoms with van der Waals surface area (Å²) in [6.07, 6.45) is 9.69. The molecule has 0 saturated heterocycles. The summed E-state index contributed by atoms with van der Waals surface area (Å²) >= 11 is 0. The molecule has 0 atom stereocenters. The predicted octanol–water partition coefficient (Wildman–Crippen LogP) is 5.80. The van der Waals surface area contributed by atoms with Gasteiger partial charge in [-0.25, -0.2) is 15.0 Å². The summed E-state index contributed by atoms with van der Waals surface area (Å²) in [4.78, 5) is 56.9. The highest BCUT2D eigenvalue weighted by molar-refractivity contribution is 5.79. The number of rotatable bonds is 18. The summed E-state index contributed by atoms with van der Waals surface area (Å²) in [6.45, 7) is 6.51. The molecule has 348 valence electrons. The highest BCUT2D eigenvalue weighted by Crippen LogP contribution is 2.31. The summed E-state index contributed by atoms with van der Waals surface area (Å²) in [6, 6.07) is 25.0. The fourth-order valence-corrected chi connectivity index (χ4v) is 9.36. The Morgan fingerprint density at radius 1 is 0.529 bits per heavy atom. The minimum absolute atomic E-state index is 0.0459. The van der Waals surface area contributed by atoms with Crippen LogP contribution in [0.25, 0.3) is 21.8 Å². The number of nitrogens with zero attached hydrogens (tertiary/aromatic N) is 10. The summed E-state index contributed by atoms with van der Waals surface area (Å²) < 4.78 is 29.1. The van der Waals surface area contributed by atoms with Gasteiger partial charge in [-0.05, 0) is 78.1 Å². The Labute approximate surface area is 393 Å². The summed E-state index contributed by atoms with van der Waals surface area (Å²) in [5.41, 5.74) is 5.96. The average Bonchev–Trinajstić information content (AvgIpc) is 4.03. The molecule has 6 heterocycles. The van der Waals surface area contributed by atoms with Crippen LogP contribution in [-0.4, -0.2) is 89.4 Å². The molecule has 0 unspecified atom stereocenters. The van der Waals surface area contributed by atoms with Crippen molar-refractivity contribution in [2.24, 2.45) is 0 Å². The second kappa shape index (κ2) is 19.8. The summed E-state index contributed by atoms with van der Waals surface area (Å²) in [5, 5.41) is 1.12. The van der Waals surface area contributed by atoms with Gasteiger partial charge in [-0.2, -0.15) is 0 Å². The van der Waals surface area contributed by atoms with Crippen molar-refractivity contribution in [3.05, 3.63) is 170 Å². The van der Waals surface area contributed by atoms with E-state index in [1.165, 1.54) is 0 Å². The minimum Gasteiger partial charge on any atom is -0.493 e. The Morgan fingerprint density at radius 2 is 1.13 bits per heavy atom. The third kappa shape index (κ3) is 9.42. The maximum atomic E-state index is 14.6. The Morgan fingerprint density at radius 3 is 1.82 bits per heavy atom. The first-order valence-corrected chi connectivity index (χ1v) is 23.1. The lowest BCUT2D eigenvalue weighted by atomic mass is 10.1. The van der Waals surface area contributed by atoms with Crippen molar-refractivity contribution >= 4 is 21.8 Å². The Hall–Kier alpha value is -7.43. The number of benzene rings is 4. The zero-order valence-electron chi connectivity index (χ0n) is 38.6. The maximum Gasteiger partial charge on any atom is 0.261 e. The van der Waals surface area contributed by atoms with Crippen molar-refractivity contribution in [2.45, 2.75) is 71.6 Å². The topological polar surface area (TPSA) is 157 Å². The van der Waals surface area contributed by atoms with Crippen molar-refractivity contribution in [3.8, 4) is 23.0 Å². The van der Waals surface area contributed by atoms with Crippen LogP contribution in [-0.2, 0) is 71.6 Å². The highest BCUT2D eigenvalue weighted by Gasteiger charge is 2.23. The molecule has 0 bridgehead atoms. The molecule has 0 saturated carbocycles. The van der Waals surface area contributed by atoms with Crippen LogP contribution in [0.2, 0.25) is 0 Å². The lowest BCUT2D eigenvalue weighted by molar-refractivity contribution is 0.217. The zero-order valence-corrected chi connectivity index (χ0v) is 38.6. The lowest BCUT2D eigenvalue weighted by Gasteiger charge is -2.27. The monoisotopic (exact) mass is 914 g/mol. The van der Waals surface area contributed by atoms with E-state index >= 15 is 0 Å². The van der Waals surface area contributed by atoms with Gasteiger partial charge in [0.2, 0.25) is 0 Å². The average molecular weight is 915 g/mol. The van der Waals surface area contributed by atoms with Crippen molar-refractivity contribution in [3.63, 3.8) is 0 Å². The second-order valence-electron chi connectivity index (χ2n) is 17.3. The fourth-order valence-electron chi connectivity index (χ4n) is 9.36. The van der Waals surface area contributed by atoms with E-state index in [0.717, 1.165) is 71.7 Å². The largest absolute Gasteiger partial charge is 0.493 e. The Bertz CT molecular complexity index is 3210. The van der Waals surface area contributed by atoms with E-state index in [9.17, 15) is 9.59 Å². The molecule has 0 spiro atoms. The van der Waals surface area contributed by atoms with E-state index in [1.54, 1.807) is 38.3 Å². The number of aryl methyl sites for hydroxylation is 2. The quantitative estimate of drug-likeness (QED) is 0.102. The van der Waals surface area contributed by atoms with Crippen LogP contribution < -0.4 is 30.1 Å². The number of fused-ring (bicyclic) bond motifs is 4. The van der Waals surface area contributed by atoms with E-state index in [-0.39, 0.29) is 17.7 Å². The van der Waals surface area contributed by atoms with Gasteiger partial charge < -0.3 is 23.5 Å². The van der Waals surface area contributed by atoms with Gasteiger partial charge in [0.25, 0.3) is 11.1 Å². The number of para-hydroxylation sites is 1. The minimum atomic E-state index is -0.110. The number of aromatic nitrogens is 8. The molecule has 4 aromatic heterocycles. The van der Waals surface area contributed by atoms with Gasteiger partial charge in [0, 0.05) is 90.0 Å². The van der Waals surface area contributed by atoms with E-state index in [2.05, 4.69) is 29.3 Å². The molecule has 0 radical (unpaired) electrons. The van der Waals surface area contributed by atoms with Gasteiger partial charge in [-0.3, -0.25) is 38.5 Å². The van der Waals surface area contributed by atoms with Crippen LogP contribution >= 0.6 is 0 Å². The maximum absolute atomic E-state index is 14.6. The molecule has 68 heavy (non-hydrogen) atoms. The number of imidazole rings is 1. The van der Waals surface area contributed by atoms with Crippen molar-refractivity contribution < 1.29 is 18.9 Å². The molecule has 0 fully saturated rings. The Balaban J connectivity index is 0.867. The summed E-state index contributed by atoms with van der Waals surface area (Å²) in [7, 11) is 4.85. The van der Waals surface area contributed by atoms with Gasteiger partial charge in [-0.1, -0.05) is 30.3 Å². The van der Waals surface area contributed by atoms with E-state index in [1.807, 2.05) is 95.8 Å². The molecule has 0 amide bonds. The second-order valence-corrected chi connectivity index (χ2v) is 17.3. The SMILES string of the molecule is COc1ccc(CCn2c(CCN3Cc4nccnc4C3)nc3ccc(COc4cc(CCn5c(CCN6CCn7ccnc7C6)nc6ccccc6c5=O)ccc4OC)cc3c2=O)cc1OC. The van der Waals surface area contributed by atoms with Gasteiger partial charge in [-0.15, -0.1) is 0 Å². The number of hydrogen-bond acceptors (Lipinski definition) is 13. The summed E-state index contributed by atoms with van der Waals surface area (Å²) in [5.74, 6) is 4.96. The highest BCUT2D eigenvalue weighted by atomic mass is 16.5.